The van der Waals surface area contributed by atoms with Crippen LogP contribution in [0.1, 0.15) is 18.4 Å². The number of likely N-dealkylation sites (tertiary alicyclic amines) is 1. The van der Waals surface area contributed by atoms with Gasteiger partial charge in [0.2, 0.25) is 5.91 Å². The lowest BCUT2D eigenvalue weighted by atomic mass is 10.0. The number of nitrogens with two attached hydrogens (primary N) is 1. The van der Waals surface area contributed by atoms with Crippen molar-refractivity contribution < 1.29 is 9.53 Å². The highest BCUT2D eigenvalue weighted by atomic mass is 32.1. The highest BCUT2D eigenvalue weighted by Crippen LogP contribution is 2.25. The van der Waals surface area contributed by atoms with Gasteiger partial charge >= 0.3 is 0 Å². The predicted molar refractivity (Wildman–Crippen MR) is 83.2 cm³/mol. The van der Waals surface area contributed by atoms with E-state index in [0.717, 1.165) is 23.4 Å². The van der Waals surface area contributed by atoms with Gasteiger partial charge in [-0.25, -0.2) is 0 Å². The van der Waals surface area contributed by atoms with Crippen molar-refractivity contribution in [3.05, 3.63) is 23.8 Å². The number of methoxy groups -OCH3 is 1. The van der Waals surface area contributed by atoms with E-state index in [1.165, 1.54) is 0 Å². The Balaban J connectivity index is 2.19. The van der Waals surface area contributed by atoms with Crippen molar-refractivity contribution in [2.24, 2.45) is 5.73 Å². The van der Waals surface area contributed by atoms with Crippen LogP contribution in [0, 0.1) is 0 Å². The molecule has 0 aromatic heterocycles. The van der Waals surface area contributed by atoms with Crippen molar-refractivity contribution in [1.29, 1.82) is 0 Å². The highest BCUT2D eigenvalue weighted by molar-refractivity contribution is 7.80. The first-order chi connectivity index (χ1) is 9.51. The van der Waals surface area contributed by atoms with Gasteiger partial charge < -0.3 is 20.7 Å². The van der Waals surface area contributed by atoms with E-state index in [1.54, 1.807) is 12.0 Å². The summed E-state index contributed by atoms with van der Waals surface area (Å²) < 4.78 is 5.23. The molecule has 0 radical (unpaired) electrons. The molecule has 6 heteroatoms. The SMILES string of the molecule is COc1ccc(C(N)=S)c(NC2CCC(=O)N(C)C2)c1. The molecular formula is C14H19N3O2S. The third kappa shape index (κ3) is 3.19. The fourth-order valence-corrected chi connectivity index (χ4v) is 2.51. The largest absolute Gasteiger partial charge is 0.497 e. The molecule has 1 atom stereocenters. The molecule has 3 N–H and O–H groups in total. The van der Waals surface area contributed by atoms with Crippen LogP contribution in [0.25, 0.3) is 0 Å². The number of nitrogens with one attached hydrogen (secondary N) is 1. The van der Waals surface area contributed by atoms with E-state index in [-0.39, 0.29) is 11.9 Å². The number of rotatable bonds is 4. The van der Waals surface area contributed by atoms with E-state index in [4.69, 9.17) is 22.7 Å². The number of hydrogen-bond acceptors (Lipinski definition) is 4. The number of anilines is 1. The summed E-state index contributed by atoms with van der Waals surface area (Å²) in [6, 6.07) is 5.75. The minimum atomic E-state index is 0.184. The number of thiocarbonyl (C=S) groups is 1. The van der Waals surface area contributed by atoms with Crippen LogP contribution in [0.3, 0.4) is 0 Å². The maximum Gasteiger partial charge on any atom is 0.222 e. The summed E-state index contributed by atoms with van der Waals surface area (Å²) in [6.07, 6.45) is 1.36. The lowest BCUT2D eigenvalue weighted by Crippen LogP contribution is -2.43. The molecule has 5 nitrogen and oxygen atoms in total. The molecule has 1 aromatic carbocycles. The summed E-state index contributed by atoms with van der Waals surface area (Å²) in [6.45, 7) is 0.673. The number of benzene rings is 1. The average Bonchev–Trinajstić information content (AvgIpc) is 2.42. The van der Waals surface area contributed by atoms with Gasteiger partial charge in [-0.2, -0.15) is 0 Å². The molecule has 1 aliphatic rings. The van der Waals surface area contributed by atoms with Crippen molar-refractivity contribution in [2.45, 2.75) is 18.9 Å². The number of amides is 1. The van der Waals surface area contributed by atoms with Gasteiger partial charge in [0.05, 0.1) is 7.11 Å². The van der Waals surface area contributed by atoms with Gasteiger partial charge in [-0.15, -0.1) is 0 Å². The summed E-state index contributed by atoms with van der Waals surface area (Å²) in [7, 11) is 3.43. The van der Waals surface area contributed by atoms with Crippen molar-refractivity contribution in [2.75, 3.05) is 26.0 Å². The molecular weight excluding hydrogens is 274 g/mol. The second kappa shape index (κ2) is 6.09. The Hall–Kier alpha value is -1.82. The van der Waals surface area contributed by atoms with Gasteiger partial charge in [0.15, 0.2) is 0 Å². The van der Waals surface area contributed by atoms with Gasteiger partial charge in [0.25, 0.3) is 0 Å². The van der Waals surface area contributed by atoms with Crippen LogP contribution >= 0.6 is 12.2 Å². The van der Waals surface area contributed by atoms with Crippen molar-refractivity contribution in [1.82, 2.24) is 4.90 Å². The number of carbonyl (C=O) groups excluding carboxylic acids is 1. The molecule has 0 bridgehead atoms. The standard InChI is InChI=1S/C14H19N3O2S/c1-17-8-9(3-6-13(17)18)16-12-7-10(19-2)4-5-11(12)14(15)20/h4-5,7,9,16H,3,6,8H2,1-2H3,(H2,15,20). The average molecular weight is 293 g/mol. The zero-order valence-electron chi connectivity index (χ0n) is 11.7. The highest BCUT2D eigenvalue weighted by Gasteiger charge is 2.23. The summed E-state index contributed by atoms with van der Waals surface area (Å²) in [5.74, 6) is 0.927. The van der Waals surface area contributed by atoms with Crippen LogP contribution in [0.4, 0.5) is 5.69 Å². The summed E-state index contributed by atoms with van der Waals surface area (Å²) in [4.78, 5) is 13.6. The van der Waals surface area contributed by atoms with Gasteiger partial charge in [-0.1, -0.05) is 12.2 Å². The lowest BCUT2D eigenvalue weighted by Gasteiger charge is -2.31. The normalized spacial score (nSPS) is 18.8. The zero-order valence-corrected chi connectivity index (χ0v) is 12.5. The molecule has 1 unspecified atom stereocenters. The Kier molecular flexibility index (Phi) is 4.44. The molecule has 1 heterocycles. The van der Waals surface area contributed by atoms with Crippen LogP contribution in [0.15, 0.2) is 18.2 Å². The Morgan fingerprint density at radius 2 is 2.30 bits per heavy atom. The Labute approximate surface area is 124 Å². The van der Waals surface area contributed by atoms with Crippen LogP contribution in [0.2, 0.25) is 0 Å². The maximum atomic E-state index is 11.5. The molecule has 20 heavy (non-hydrogen) atoms. The van der Waals surface area contributed by atoms with Crippen molar-refractivity contribution in [3.8, 4) is 5.75 Å². The Morgan fingerprint density at radius 1 is 1.55 bits per heavy atom. The quantitative estimate of drug-likeness (QED) is 0.821. The predicted octanol–water partition coefficient (Wildman–Crippen LogP) is 1.36. The third-order valence-electron chi connectivity index (χ3n) is 3.48. The van der Waals surface area contributed by atoms with Gasteiger partial charge in [-0.3, -0.25) is 4.79 Å². The van der Waals surface area contributed by atoms with E-state index in [2.05, 4.69) is 5.32 Å². The maximum absolute atomic E-state index is 11.5. The molecule has 108 valence electrons. The second-order valence-electron chi connectivity index (χ2n) is 4.93. The van der Waals surface area contributed by atoms with Gasteiger partial charge in [0.1, 0.15) is 10.7 Å². The van der Waals surface area contributed by atoms with Gasteiger partial charge in [-0.05, 0) is 18.6 Å². The number of ether oxygens (including phenoxy) is 1. The van der Waals surface area contributed by atoms with E-state index >= 15 is 0 Å². The van der Waals surface area contributed by atoms with Crippen molar-refractivity contribution >= 4 is 28.8 Å². The molecule has 1 fully saturated rings. The molecule has 2 rings (SSSR count). The number of carbonyl (C=O) groups is 1. The smallest absolute Gasteiger partial charge is 0.222 e. The van der Waals surface area contributed by atoms with Gasteiger partial charge in [0, 0.05) is 43.4 Å². The molecule has 1 aliphatic heterocycles. The minimum absolute atomic E-state index is 0.184. The third-order valence-corrected chi connectivity index (χ3v) is 3.70. The zero-order chi connectivity index (χ0) is 14.7. The Morgan fingerprint density at radius 3 is 2.90 bits per heavy atom. The fourth-order valence-electron chi connectivity index (χ4n) is 2.33. The molecule has 0 saturated carbocycles. The molecule has 1 saturated heterocycles. The topological polar surface area (TPSA) is 67.6 Å². The Bertz CT molecular complexity index is 533. The van der Waals surface area contributed by atoms with E-state index in [1.807, 2.05) is 25.2 Å². The van der Waals surface area contributed by atoms with Crippen molar-refractivity contribution in [3.63, 3.8) is 0 Å². The van der Waals surface area contributed by atoms with E-state index in [0.29, 0.717) is 18.0 Å². The van der Waals surface area contributed by atoms with Crippen LogP contribution in [-0.4, -0.2) is 42.5 Å². The fraction of sp³-hybridized carbons (Fsp3) is 0.429. The summed E-state index contributed by atoms with van der Waals surface area (Å²) in [5.41, 5.74) is 7.39. The van der Waals surface area contributed by atoms with Crippen LogP contribution in [-0.2, 0) is 4.79 Å². The molecule has 0 spiro atoms. The van der Waals surface area contributed by atoms with E-state index < -0.39 is 0 Å². The second-order valence-corrected chi connectivity index (χ2v) is 5.37. The molecule has 1 amide bonds. The number of piperidine rings is 1. The minimum Gasteiger partial charge on any atom is -0.497 e. The van der Waals surface area contributed by atoms with E-state index in [9.17, 15) is 4.79 Å². The lowest BCUT2D eigenvalue weighted by molar-refractivity contribution is -0.132. The first-order valence-electron chi connectivity index (χ1n) is 6.49. The van der Waals surface area contributed by atoms with Crippen LogP contribution in [0.5, 0.6) is 5.75 Å². The number of nitrogens with zero attached hydrogens (tertiary/aromatic N) is 1. The monoisotopic (exact) mass is 293 g/mol. The number of hydrogen-bond donors (Lipinski definition) is 2. The van der Waals surface area contributed by atoms with Crippen LogP contribution < -0.4 is 15.8 Å². The molecule has 1 aromatic rings. The summed E-state index contributed by atoms with van der Waals surface area (Å²) in [5, 5.41) is 3.42. The summed E-state index contributed by atoms with van der Waals surface area (Å²) >= 11 is 5.07. The first kappa shape index (κ1) is 14.6. The number of likely N-dealkylation sites (N-methyl/N-ethyl adjacent to an activating group) is 1. The first-order valence-corrected chi connectivity index (χ1v) is 6.90. The molecule has 0 aliphatic carbocycles.